The van der Waals surface area contributed by atoms with Crippen LogP contribution in [-0.2, 0) is 11.2 Å². The van der Waals surface area contributed by atoms with Crippen molar-refractivity contribution in [2.24, 2.45) is 11.7 Å². The Morgan fingerprint density at radius 2 is 2.00 bits per heavy atom. The molecule has 21 heavy (non-hydrogen) atoms. The number of nitrogens with two attached hydrogens (primary N) is 1. The largest absolute Gasteiger partial charge is 0.375 e. The number of thioether (sulfide) groups is 1. The highest BCUT2D eigenvalue weighted by molar-refractivity contribution is 9.10. The maximum atomic E-state index is 6.54. The topological polar surface area (TPSA) is 35.2 Å². The van der Waals surface area contributed by atoms with E-state index in [1.165, 1.54) is 29.9 Å². The van der Waals surface area contributed by atoms with Crippen molar-refractivity contribution in [1.82, 2.24) is 0 Å². The highest BCUT2D eigenvalue weighted by Gasteiger charge is 2.40. The van der Waals surface area contributed by atoms with Crippen molar-refractivity contribution in [2.75, 3.05) is 18.1 Å². The summed E-state index contributed by atoms with van der Waals surface area (Å²) >= 11 is 5.55. The fourth-order valence-electron chi connectivity index (χ4n) is 3.58. The summed E-state index contributed by atoms with van der Waals surface area (Å²) in [5.41, 5.74) is 8.02. The molecule has 116 valence electrons. The van der Waals surface area contributed by atoms with Crippen molar-refractivity contribution in [3.05, 3.63) is 34.3 Å². The molecule has 2 unspecified atom stereocenters. The van der Waals surface area contributed by atoms with Gasteiger partial charge in [0.05, 0.1) is 5.60 Å². The molecule has 2 N–H and O–H groups in total. The highest BCUT2D eigenvalue weighted by Crippen LogP contribution is 2.40. The van der Waals surface area contributed by atoms with Crippen molar-refractivity contribution in [1.29, 1.82) is 0 Å². The van der Waals surface area contributed by atoms with E-state index in [4.69, 9.17) is 10.5 Å². The lowest BCUT2D eigenvalue weighted by Crippen LogP contribution is -2.47. The first-order valence-corrected chi connectivity index (χ1v) is 9.83. The van der Waals surface area contributed by atoms with Gasteiger partial charge in [-0.05, 0) is 67.2 Å². The summed E-state index contributed by atoms with van der Waals surface area (Å²) in [5.74, 6) is 3.09. The first kappa shape index (κ1) is 15.9. The summed E-state index contributed by atoms with van der Waals surface area (Å²) < 4.78 is 7.31. The first-order valence-electron chi connectivity index (χ1n) is 7.89. The summed E-state index contributed by atoms with van der Waals surface area (Å²) in [6, 6.07) is 8.81. The third kappa shape index (κ3) is 4.04. The van der Waals surface area contributed by atoms with Crippen molar-refractivity contribution in [2.45, 2.75) is 43.7 Å². The predicted octanol–water partition coefficient (Wildman–Crippen LogP) is 4.01. The van der Waals surface area contributed by atoms with E-state index in [2.05, 4.69) is 52.0 Å². The van der Waals surface area contributed by atoms with Gasteiger partial charge in [0.2, 0.25) is 0 Å². The minimum absolute atomic E-state index is 0.144. The molecule has 0 bridgehead atoms. The van der Waals surface area contributed by atoms with Crippen molar-refractivity contribution < 1.29 is 4.74 Å². The molecular weight excluding hydrogens is 346 g/mol. The molecule has 0 aromatic heterocycles. The Morgan fingerprint density at radius 1 is 1.29 bits per heavy atom. The maximum absolute atomic E-state index is 6.54. The summed E-state index contributed by atoms with van der Waals surface area (Å²) in [6.45, 7) is 0.892. The SMILES string of the molecule is NC(Cc1ccc(Br)cc1)C1CCOC2(CCSCC2)C1. The molecule has 2 saturated heterocycles. The van der Waals surface area contributed by atoms with Crippen LogP contribution in [0.25, 0.3) is 0 Å². The number of halogens is 1. The van der Waals surface area contributed by atoms with E-state index in [-0.39, 0.29) is 11.6 Å². The zero-order chi connectivity index (χ0) is 14.7. The van der Waals surface area contributed by atoms with Crippen LogP contribution in [-0.4, -0.2) is 29.8 Å². The molecule has 1 aromatic carbocycles. The maximum Gasteiger partial charge on any atom is 0.0701 e. The summed E-state index contributed by atoms with van der Waals surface area (Å²) in [7, 11) is 0. The molecule has 2 atom stereocenters. The Labute approximate surface area is 140 Å². The monoisotopic (exact) mass is 369 g/mol. The molecule has 2 fully saturated rings. The second-order valence-electron chi connectivity index (χ2n) is 6.39. The molecule has 0 aliphatic carbocycles. The van der Waals surface area contributed by atoms with E-state index >= 15 is 0 Å². The van der Waals surface area contributed by atoms with Gasteiger partial charge in [-0.1, -0.05) is 28.1 Å². The molecule has 0 saturated carbocycles. The Bertz CT molecular complexity index is 453. The second-order valence-corrected chi connectivity index (χ2v) is 8.53. The van der Waals surface area contributed by atoms with Crippen molar-refractivity contribution in [3.63, 3.8) is 0 Å². The molecular formula is C17H24BrNOS. The Kier molecular flexibility index (Phi) is 5.31. The molecule has 2 aliphatic rings. The number of ether oxygens (including phenoxy) is 1. The lowest BCUT2D eigenvalue weighted by atomic mass is 9.77. The average molecular weight is 370 g/mol. The van der Waals surface area contributed by atoms with Gasteiger partial charge in [0.1, 0.15) is 0 Å². The fourth-order valence-corrected chi connectivity index (χ4v) is 5.08. The minimum Gasteiger partial charge on any atom is -0.375 e. The third-order valence-corrected chi connectivity index (χ3v) is 6.44. The van der Waals surface area contributed by atoms with Crippen LogP contribution in [0, 0.1) is 5.92 Å². The fraction of sp³-hybridized carbons (Fsp3) is 0.647. The number of hydrogen-bond donors (Lipinski definition) is 1. The normalized spacial score (nSPS) is 26.7. The molecule has 3 rings (SSSR count). The van der Waals surface area contributed by atoms with E-state index in [1.807, 2.05) is 0 Å². The van der Waals surface area contributed by atoms with Crippen LogP contribution in [0.2, 0.25) is 0 Å². The molecule has 4 heteroatoms. The van der Waals surface area contributed by atoms with Crippen LogP contribution in [0.1, 0.15) is 31.2 Å². The quantitative estimate of drug-likeness (QED) is 0.873. The van der Waals surface area contributed by atoms with Gasteiger partial charge < -0.3 is 10.5 Å². The molecule has 2 aliphatic heterocycles. The van der Waals surface area contributed by atoms with Crippen LogP contribution < -0.4 is 5.73 Å². The molecule has 0 amide bonds. The molecule has 2 heterocycles. The predicted molar refractivity (Wildman–Crippen MR) is 93.8 cm³/mol. The second kappa shape index (κ2) is 7.03. The van der Waals surface area contributed by atoms with Gasteiger partial charge in [-0.25, -0.2) is 0 Å². The lowest BCUT2D eigenvalue weighted by molar-refractivity contribution is -0.105. The van der Waals surface area contributed by atoms with Gasteiger partial charge in [0.15, 0.2) is 0 Å². The van der Waals surface area contributed by atoms with E-state index in [0.29, 0.717) is 5.92 Å². The molecule has 1 aromatic rings. The smallest absolute Gasteiger partial charge is 0.0701 e. The Balaban J connectivity index is 1.61. The van der Waals surface area contributed by atoms with Gasteiger partial charge in [-0.3, -0.25) is 0 Å². The van der Waals surface area contributed by atoms with Crippen LogP contribution >= 0.6 is 27.7 Å². The Hall–Kier alpha value is -0.0300. The van der Waals surface area contributed by atoms with Crippen LogP contribution in [0.4, 0.5) is 0 Å². The lowest BCUT2D eigenvalue weighted by Gasteiger charge is -2.44. The van der Waals surface area contributed by atoms with E-state index in [1.54, 1.807) is 0 Å². The number of benzene rings is 1. The van der Waals surface area contributed by atoms with E-state index in [0.717, 1.165) is 30.3 Å². The summed E-state index contributed by atoms with van der Waals surface area (Å²) in [5, 5.41) is 0. The summed E-state index contributed by atoms with van der Waals surface area (Å²) in [6.07, 6.45) is 5.67. The van der Waals surface area contributed by atoms with Gasteiger partial charge in [0.25, 0.3) is 0 Å². The molecule has 0 radical (unpaired) electrons. The zero-order valence-corrected chi connectivity index (χ0v) is 14.8. The van der Waals surface area contributed by atoms with E-state index < -0.39 is 0 Å². The van der Waals surface area contributed by atoms with Crippen LogP contribution in [0.15, 0.2) is 28.7 Å². The molecule has 1 spiro atoms. The standard InChI is InChI=1S/C17H24BrNOS/c18-15-3-1-13(2-4-15)11-16(19)14-5-8-20-17(12-14)6-9-21-10-7-17/h1-4,14,16H,5-12,19H2. The van der Waals surface area contributed by atoms with Crippen LogP contribution in [0.3, 0.4) is 0 Å². The number of hydrogen-bond acceptors (Lipinski definition) is 3. The zero-order valence-electron chi connectivity index (χ0n) is 12.4. The van der Waals surface area contributed by atoms with Crippen molar-refractivity contribution >= 4 is 27.7 Å². The van der Waals surface area contributed by atoms with E-state index in [9.17, 15) is 0 Å². The van der Waals surface area contributed by atoms with Gasteiger partial charge >= 0.3 is 0 Å². The average Bonchev–Trinajstić information content (AvgIpc) is 2.50. The van der Waals surface area contributed by atoms with Crippen LogP contribution in [0.5, 0.6) is 0 Å². The highest BCUT2D eigenvalue weighted by atomic mass is 79.9. The van der Waals surface area contributed by atoms with Gasteiger partial charge in [-0.2, -0.15) is 11.8 Å². The van der Waals surface area contributed by atoms with Crippen molar-refractivity contribution in [3.8, 4) is 0 Å². The molecule has 2 nitrogen and oxygen atoms in total. The van der Waals surface area contributed by atoms with Gasteiger partial charge in [-0.15, -0.1) is 0 Å². The summed E-state index contributed by atoms with van der Waals surface area (Å²) in [4.78, 5) is 0. The third-order valence-electron chi connectivity index (χ3n) is 4.93. The first-order chi connectivity index (χ1) is 10.2. The Morgan fingerprint density at radius 3 is 2.71 bits per heavy atom. The van der Waals surface area contributed by atoms with Gasteiger partial charge in [0, 0.05) is 17.1 Å². The number of rotatable bonds is 3. The minimum atomic E-state index is 0.144.